The van der Waals surface area contributed by atoms with Gasteiger partial charge in [0.05, 0.1) is 13.2 Å². The minimum atomic E-state index is -4.40. The second-order valence-corrected chi connectivity index (χ2v) is 29.1. The summed E-state index contributed by atoms with van der Waals surface area (Å²) in [7, 11) is -4.40. The Balaban J connectivity index is 3.78. The van der Waals surface area contributed by atoms with Gasteiger partial charge in [0.15, 0.2) is 6.10 Å². The number of esters is 2. The van der Waals surface area contributed by atoms with E-state index in [0.717, 1.165) is 89.9 Å². The van der Waals surface area contributed by atoms with E-state index in [-0.39, 0.29) is 38.6 Å². The van der Waals surface area contributed by atoms with Crippen molar-refractivity contribution < 1.29 is 37.6 Å². The van der Waals surface area contributed by atoms with Gasteiger partial charge in [-0.2, -0.15) is 0 Å². The van der Waals surface area contributed by atoms with Gasteiger partial charge in [-0.3, -0.25) is 18.6 Å². The Hall–Kier alpha value is -3.33. The number of hydrogen-bond donors (Lipinski definition) is 2. The van der Waals surface area contributed by atoms with Gasteiger partial charge in [0.2, 0.25) is 0 Å². The Kier molecular flexibility index (Phi) is 78.8. The zero-order valence-electron chi connectivity index (χ0n) is 63.6. The molecular formula is C87H156NO8P. The lowest BCUT2D eigenvalue weighted by Crippen LogP contribution is -2.29. The fourth-order valence-corrected chi connectivity index (χ4v) is 12.8. The van der Waals surface area contributed by atoms with Gasteiger partial charge in [0, 0.05) is 19.4 Å². The number of carbonyl (C=O) groups excluding carboxylic acids is 2. The monoisotopic (exact) mass is 1370 g/mol. The third-order valence-corrected chi connectivity index (χ3v) is 19.1. The molecule has 0 aliphatic carbocycles. The van der Waals surface area contributed by atoms with E-state index in [1.807, 2.05) is 0 Å². The number of rotatable bonds is 78. The maximum Gasteiger partial charge on any atom is 0.472 e. The fourth-order valence-electron chi connectivity index (χ4n) is 12.1. The van der Waals surface area contributed by atoms with Gasteiger partial charge in [-0.1, -0.05) is 393 Å². The van der Waals surface area contributed by atoms with Crippen molar-refractivity contribution in [1.82, 2.24) is 0 Å². The molecule has 0 rings (SSSR count). The van der Waals surface area contributed by atoms with Crippen LogP contribution in [-0.2, 0) is 32.7 Å². The van der Waals surface area contributed by atoms with E-state index in [1.165, 1.54) is 276 Å². The SMILES string of the molecule is CC/C=C\C/C=C\C/C=C\C/C=C\C/C=C\C/C=C\C/C=C\CCCCCCCCCCCCCCCC(=O)OC(COC(=O)CCCCCCCCCCCCCCCCCCCCCCCCCCCCCCC/C=C\C/C=C\CCCCCCC)COP(=O)(O)OCCN. The van der Waals surface area contributed by atoms with Gasteiger partial charge < -0.3 is 20.1 Å². The average Bonchev–Trinajstić information content (AvgIpc) is 2.69. The molecule has 0 bridgehead atoms. The molecule has 0 aromatic rings. The number of phosphoric ester groups is 1. The maximum atomic E-state index is 12.8. The normalized spacial score (nSPS) is 13.4. The standard InChI is InChI=1S/C87H156NO8P/c1-3-5-7-9-11-13-15-17-19-21-23-25-27-29-31-33-35-37-39-40-41-42-43-44-46-47-49-51-53-55-57-59-61-63-65-67-69-71-73-75-77-79-86(89)93-83-85(84-95-97(91,92)94-82-81-88)96-87(90)80-78-76-74-72-70-68-66-64-62-60-58-56-54-52-50-48-45-38-36-34-32-30-28-26-24-22-20-18-16-14-12-10-8-6-4-2/h6,8,12,14-15,17-18,20-21,23-24,26,30,32,36,38,48,50,85H,3-5,7,9-11,13,16,19,22,25,27-29,31,33-35,37,39-47,49,51-84,88H2,1-2H3,(H,91,92)/b8-6-,14-12-,17-15-,20-18-,23-21-,26-24-,32-30-,38-36-,50-48-. The van der Waals surface area contributed by atoms with E-state index in [4.69, 9.17) is 24.3 Å². The Morgan fingerprint density at radius 1 is 0.320 bits per heavy atom. The van der Waals surface area contributed by atoms with Crippen molar-refractivity contribution in [2.75, 3.05) is 26.4 Å². The highest BCUT2D eigenvalue weighted by atomic mass is 31.2. The van der Waals surface area contributed by atoms with Crippen LogP contribution in [0.3, 0.4) is 0 Å². The predicted molar refractivity (Wildman–Crippen MR) is 422 cm³/mol. The molecule has 0 amide bonds. The van der Waals surface area contributed by atoms with E-state index in [9.17, 15) is 19.0 Å². The van der Waals surface area contributed by atoms with E-state index in [2.05, 4.69) is 123 Å². The molecule has 0 saturated heterocycles. The molecule has 0 heterocycles. The smallest absolute Gasteiger partial charge is 0.462 e. The molecule has 0 aliphatic heterocycles. The Bertz CT molecular complexity index is 1970. The highest BCUT2D eigenvalue weighted by molar-refractivity contribution is 7.47. The number of hydrogen-bond acceptors (Lipinski definition) is 8. The van der Waals surface area contributed by atoms with Crippen molar-refractivity contribution in [1.29, 1.82) is 0 Å². The first-order valence-electron chi connectivity index (χ1n) is 41.4. The van der Waals surface area contributed by atoms with Crippen LogP contribution in [0.1, 0.15) is 399 Å². The summed E-state index contributed by atoms with van der Waals surface area (Å²) in [4.78, 5) is 35.5. The number of nitrogens with two attached hydrogens (primary N) is 1. The van der Waals surface area contributed by atoms with Gasteiger partial charge in [-0.15, -0.1) is 0 Å². The summed E-state index contributed by atoms with van der Waals surface area (Å²) in [6.45, 7) is 3.67. The zero-order valence-corrected chi connectivity index (χ0v) is 64.4. The molecule has 9 nitrogen and oxygen atoms in total. The Morgan fingerprint density at radius 3 is 0.845 bits per heavy atom. The largest absolute Gasteiger partial charge is 0.472 e. The van der Waals surface area contributed by atoms with Crippen LogP contribution in [0, 0.1) is 0 Å². The summed E-state index contributed by atoms with van der Waals surface area (Å²) in [5.41, 5.74) is 5.42. The van der Waals surface area contributed by atoms with Crippen LogP contribution in [0.5, 0.6) is 0 Å². The summed E-state index contributed by atoms with van der Waals surface area (Å²) in [5.74, 6) is -0.815. The molecule has 0 spiro atoms. The topological polar surface area (TPSA) is 134 Å². The lowest BCUT2D eigenvalue weighted by molar-refractivity contribution is -0.161. The highest BCUT2D eigenvalue weighted by Gasteiger charge is 2.26. The number of allylic oxidation sites excluding steroid dienone is 18. The third kappa shape index (κ3) is 81.5. The first kappa shape index (κ1) is 93.7. The highest BCUT2D eigenvalue weighted by Crippen LogP contribution is 2.43. The molecule has 0 aliphatic rings. The molecule has 562 valence electrons. The second-order valence-electron chi connectivity index (χ2n) is 27.6. The van der Waals surface area contributed by atoms with E-state index in [1.54, 1.807) is 0 Å². The molecule has 0 aromatic carbocycles. The van der Waals surface area contributed by atoms with Gasteiger partial charge in [-0.25, -0.2) is 4.57 Å². The van der Waals surface area contributed by atoms with Crippen molar-refractivity contribution in [2.24, 2.45) is 5.73 Å². The molecule has 2 unspecified atom stereocenters. The molecule has 97 heavy (non-hydrogen) atoms. The quantitative estimate of drug-likeness (QED) is 0.0264. The molecule has 0 saturated carbocycles. The van der Waals surface area contributed by atoms with Crippen molar-refractivity contribution >= 4 is 19.8 Å². The average molecular weight is 1380 g/mol. The van der Waals surface area contributed by atoms with Crippen LogP contribution in [-0.4, -0.2) is 49.3 Å². The van der Waals surface area contributed by atoms with Gasteiger partial charge in [-0.05, 0) is 103 Å². The fraction of sp³-hybridized carbons (Fsp3) is 0.770. The van der Waals surface area contributed by atoms with Crippen molar-refractivity contribution in [3.63, 3.8) is 0 Å². The minimum Gasteiger partial charge on any atom is -0.462 e. The van der Waals surface area contributed by atoms with Crippen LogP contribution < -0.4 is 5.73 Å². The number of phosphoric acid groups is 1. The van der Waals surface area contributed by atoms with Crippen LogP contribution >= 0.6 is 7.82 Å². The second kappa shape index (κ2) is 81.6. The predicted octanol–water partition coefficient (Wildman–Crippen LogP) is 28.0. The van der Waals surface area contributed by atoms with Crippen molar-refractivity contribution in [2.45, 2.75) is 405 Å². The molecule has 10 heteroatoms. The zero-order chi connectivity index (χ0) is 70.0. The Morgan fingerprint density at radius 2 is 0.567 bits per heavy atom. The van der Waals surface area contributed by atoms with E-state index in [0.29, 0.717) is 6.42 Å². The summed E-state index contributed by atoms with van der Waals surface area (Å²) >= 11 is 0. The lowest BCUT2D eigenvalue weighted by atomic mass is 10.0. The molecule has 0 aromatic heterocycles. The number of ether oxygens (including phenoxy) is 2. The molecule has 2 atom stereocenters. The minimum absolute atomic E-state index is 0.0515. The molecule has 3 N–H and O–H groups in total. The molecule has 0 fully saturated rings. The van der Waals surface area contributed by atoms with Gasteiger partial charge >= 0.3 is 19.8 Å². The van der Waals surface area contributed by atoms with Gasteiger partial charge in [0.25, 0.3) is 0 Å². The van der Waals surface area contributed by atoms with Crippen LogP contribution in [0.25, 0.3) is 0 Å². The summed E-state index contributed by atoms with van der Waals surface area (Å²) in [6, 6.07) is 0. The maximum absolute atomic E-state index is 12.8. The number of unbranched alkanes of at least 4 members (excludes halogenated alkanes) is 47. The number of carbonyl (C=O) groups is 2. The lowest BCUT2D eigenvalue weighted by Gasteiger charge is -2.19. The van der Waals surface area contributed by atoms with Crippen molar-refractivity contribution in [3.8, 4) is 0 Å². The van der Waals surface area contributed by atoms with Crippen molar-refractivity contribution in [3.05, 3.63) is 109 Å². The van der Waals surface area contributed by atoms with Crippen LogP contribution in [0.4, 0.5) is 0 Å². The summed E-state index contributed by atoms with van der Waals surface area (Å²) in [5, 5.41) is 0. The van der Waals surface area contributed by atoms with E-state index < -0.39 is 26.5 Å². The first-order chi connectivity index (χ1) is 47.8. The molecule has 0 radical (unpaired) electrons. The van der Waals surface area contributed by atoms with Crippen LogP contribution in [0.2, 0.25) is 0 Å². The van der Waals surface area contributed by atoms with Crippen LogP contribution in [0.15, 0.2) is 109 Å². The summed E-state index contributed by atoms with van der Waals surface area (Å²) in [6.07, 6.45) is 114. The Labute approximate surface area is 600 Å². The van der Waals surface area contributed by atoms with E-state index >= 15 is 0 Å². The third-order valence-electron chi connectivity index (χ3n) is 18.1. The molecular weight excluding hydrogens is 1220 g/mol. The van der Waals surface area contributed by atoms with Gasteiger partial charge in [0.1, 0.15) is 6.61 Å². The first-order valence-corrected chi connectivity index (χ1v) is 42.9. The summed E-state index contributed by atoms with van der Waals surface area (Å²) < 4.78 is 33.3.